The molecule has 0 aliphatic carbocycles. The predicted molar refractivity (Wildman–Crippen MR) is 60.3 cm³/mol. The summed E-state index contributed by atoms with van der Waals surface area (Å²) in [7, 11) is 1.65. The molecule has 0 bridgehead atoms. The van der Waals surface area contributed by atoms with Gasteiger partial charge in [0.05, 0.1) is 6.61 Å². The minimum Gasteiger partial charge on any atom is -0.379 e. The van der Waals surface area contributed by atoms with Gasteiger partial charge in [-0.15, -0.1) is 0 Å². The van der Waals surface area contributed by atoms with E-state index in [0.29, 0.717) is 31.3 Å². The van der Waals surface area contributed by atoms with Crippen LogP contribution in [0.2, 0.25) is 0 Å². The molecule has 0 spiro atoms. The highest BCUT2D eigenvalue weighted by Crippen LogP contribution is 2.28. The van der Waals surface area contributed by atoms with Crippen molar-refractivity contribution in [3.05, 3.63) is 11.7 Å². The second-order valence-electron chi connectivity index (χ2n) is 4.43. The lowest BCUT2D eigenvalue weighted by atomic mass is 10.0. The van der Waals surface area contributed by atoms with Crippen molar-refractivity contribution in [2.75, 3.05) is 20.3 Å². The van der Waals surface area contributed by atoms with Crippen molar-refractivity contribution in [1.29, 1.82) is 0 Å². The quantitative estimate of drug-likeness (QED) is 0.832. The summed E-state index contributed by atoms with van der Waals surface area (Å²) in [5, 5.41) is 3.95. The van der Waals surface area contributed by atoms with Crippen LogP contribution in [0.15, 0.2) is 4.52 Å². The van der Waals surface area contributed by atoms with Crippen molar-refractivity contribution in [3.63, 3.8) is 0 Å². The molecule has 1 saturated heterocycles. The van der Waals surface area contributed by atoms with Gasteiger partial charge in [-0.1, -0.05) is 18.5 Å². The van der Waals surface area contributed by atoms with Gasteiger partial charge in [-0.05, 0) is 12.8 Å². The van der Waals surface area contributed by atoms with E-state index in [0.717, 1.165) is 12.8 Å². The lowest BCUT2D eigenvalue weighted by molar-refractivity contribution is 0.0854. The molecule has 1 aromatic heterocycles. The van der Waals surface area contributed by atoms with Crippen LogP contribution >= 0.6 is 0 Å². The van der Waals surface area contributed by atoms with E-state index in [-0.39, 0.29) is 6.10 Å². The first-order valence-electron chi connectivity index (χ1n) is 5.93. The second-order valence-corrected chi connectivity index (χ2v) is 4.43. The maximum atomic E-state index is 6.15. The average Bonchev–Trinajstić information content (AvgIpc) is 2.95. The molecule has 2 heterocycles. The van der Waals surface area contributed by atoms with E-state index in [4.69, 9.17) is 19.7 Å². The Bertz CT molecular complexity index is 361. The van der Waals surface area contributed by atoms with Gasteiger partial charge in [0, 0.05) is 13.7 Å². The zero-order valence-corrected chi connectivity index (χ0v) is 10.3. The summed E-state index contributed by atoms with van der Waals surface area (Å²) in [6.07, 6.45) is 2.45. The summed E-state index contributed by atoms with van der Waals surface area (Å²) in [4.78, 5) is 4.35. The number of methoxy groups -OCH3 is 1. The Labute approximate surface area is 100 Å². The zero-order valence-electron chi connectivity index (χ0n) is 10.3. The van der Waals surface area contributed by atoms with Crippen LogP contribution in [0.5, 0.6) is 0 Å². The second kappa shape index (κ2) is 5.12. The van der Waals surface area contributed by atoms with E-state index < -0.39 is 5.54 Å². The summed E-state index contributed by atoms with van der Waals surface area (Å²) in [6.45, 7) is 3.15. The van der Waals surface area contributed by atoms with E-state index in [1.807, 2.05) is 0 Å². The van der Waals surface area contributed by atoms with E-state index in [1.165, 1.54) is 0 Å². The number of ether oxygens (including phenoxy) is 2. The normalized spacial score (nSPS) is 26.3. The number of aromatic nitrogens is 2. The topological polar surface area (TPSA) is 83.4 Å². The Kier molecular flexibility index (Phi) is 3.76. The van der Waals surface area contributed by atoms with Crippen LogP contribution in [0.25, 0.3) is 0 Å². The minimum atomic E-state index is -0.629. The molecule has 0 radical (unpaired) electrons. The zero-order chi connectivity index (χ0) is 12.3. The summed E-state index contributed by atoms with van der Waals surface area (Å²) in [5.74, 6) is 1.02. The Morgan fingerprint density at radius 1 is 1.59 bits per heavy atom. The van der Waals surface area contributed by atoms with Crippen LogP contribution in [0, 0.1) is 0 Å². The molecule has 1 aliphatic rings. The van der Waals surface area contributed by atoms with E-state index in [9.17, 15) is 0 Å². The Morgan fingerprint density at radius 3 is 3.00 bits per heavy atom. The monoisotopic (exact) mass is 241 g/mol. The van der Waals surface area contributed by atoms with Crippen molar-refractivity contribution in [2.45, 2.75) is 37.8 Å². The lowest BCUT2D eigenvalue weighted by Gasteiger charge is -2.15. The predicted octanol–water partition coefficient (Wildman–Crippen LogP) is 1.13. The van der Waals surface area contributed by atoms with Gasteiger partial charge in [-0.3, -0.25) is 0 Å². The molecule has 6 heteroatoms. The standard InChI is InChI=1S/C11H19N3O3/c1-3-4-8(15-2)9-13-10(17-14-9)11(12)5-6-16-7-11/h8H,3-7,12H2,1-2H3. The van der Waals surface area contributed by atoms with Gasteiger partial charge in [0.2, 0.25) is 11.7 Å². The van der Waals surface area contributed by atoms with Gasteiger partial charge < -0.3 is 19.7 Å². The van der Waals surface area contributed by atoms with Gasteiger partial charge >= 0.3 is 0 Å². The van der Waals surface area contributed by atoms with Crippen LogP contribution in [-0.4, -0.2) is 30.5 Å². The van der Waals surface area contributed by atoms with E-state index in [2.05, 4.69) is 17.1 Å². The molecule has 1 aromatic rings. The fourth-order valence-corrected chi connectivity index (χ4v) is 1.93. The van der Waals surface area contributed by atoms with Crippen molar-refractivity contribution >= 4 is 0 Å². The summed E-state index contributed by atoms with van der Waals surface area (Å²) < 4.78 is 15.8. The van der Waals surface area contributed by atoms with Crippen LogP contribution in [0.3, 0.4) is 0 Å². The van der Waals surface area contributed by atoms with Gasteiger partial charge in [0.1, 0.15) is 11.6 Å². The lowest BCUT2D eigenvalue weighted by Crippen LogP contribution is -2.37. The minimum absolute atomic E-state index is 0.122. The highest BCUT2D eigenvalue weighted by atomic mass is 16.5. The third-order valence-corrected chi connectivity index (χ3v) is 3.04. The fourth-order valence-electron chi connectivity index (χ4n) is 1.93. The first kappa shape index (κ1) is 12.5. The van der Waals surface area contributed by atoms with Gasteiger partial charge in [0.25, 0.3) is 0 Å². The van der Waals surface area contributed by atoms with Crippen LogP contribution in [0.1, 0.15) is 44.0 Å². The Hall–Kier alpha value is -0.980. The molecule has 2 atom stereocenters. The smallest absolute Gasteiger partial charge is 0.249 e. The largest absolute Gasteiger partial charge is 0.379 e. The highest BCUT2D eigenvalue weighted by molar-refractivity contribution is 5.05. The maximum Gasteiger partial charge on any atom is 0.249 e. The molecule has 1 aliphatic heterocycles. The molecule has 6 nitrogen and oxygen atoms in total. The molecule has 0 amide bonds. The Balaban J connectivity index is 2.14. The van der Waals surface area contributed by atoms with Crippen molar-refractivity contribution in [3.8, 4) is 0 Å². The molecular formula is C11H19N3O3. The molecule has 2 N–H and O–H groups in total. The molecule has 17 heavy (non-hydrogen) atoms. The molecule has 0 aromatic carbocycles. The van der Waals surface area contributed by atoms with Crippen molar-refractivity contribution < 1.29 is 14.0 Å². The third-order valence-electron chi connectivity index (χ3n) is 3.04. The molecule has 2 unspecified atom stereocenters. The summed E-state index contributed by atoms with van der Waals surface area (Å²) >= 11 is 0. The maximum absolute atomic E-state index is 6.15. The van der Waals surface area contributed by atoms with E-state index in [1.54, 1.807) is 7.11 Å². The molecule has 1 fully saturated rings. The molecule has 96 valence electrons. The van der Waals surface area contributed by atoms with Crippen molar-refractivity contribution in [1.82, 2.24) is 10.1 Å². The van der Waals surface area contributed by atoms with Crippen LogP contribution in [-0.2, 0) is 15.0 Å². The van der Waals surface area contributed by atoms with Crippen LogP contribution in [0.4, 0.5) is 0 Å². The Morgan fingerprint density at radius 2 is 2.41 bits per heavy atom. The molecule has 0 saturated carbocycles. The number of nitrogens with two attached hydrogens (primary N) is 1. The fraction of sp³-hybridized carbons (Fsp3) is 0.818. The number of hydrogen-bond acceptors (Lipinski definition) is 6. The average molecular weight is 241 g/mol. The summed E-state index contributed by atoms with van der Waals surface area (Å²) in [6, 6.07) is 0. The molecule has 2 rings (SSSR count). The van der Waals surface area contributed by atoms with E-state index >= 15 is 0 Å². The van der Waals surface area contributed by atoms with Gasteiger partial charge in [-0.25, -0.2) is 0 Å². The highest BCUT2D eigenvalue weighted by Gasteiger charge is 2.38. The SMILES string of the molecule is CCCC(OC)c1noc(C2(N)CCOC2)n1. The van der Waals surface area contributed by atoms with Crippen LogP contribution < -0.4 is 5.73 Å². The summed E-state index contributed by atoms with van der Waals surface area (Å²) in [5.41, 5.74) is 5.52. The first-order chi connectivity index (χ1) is 8.19. The van der Waals surface area contributed by atoms with Gasteiger partial charge in [-0.2, -0.15) is 4.98 Å². The first-order valence-corrected chi connectivity index (χ1v) is 5.93. The van der Waals surface area contributed by atoms with Gasteiger partial charge in [0.15, 0.2) is 0 Å². The number of hydrogen-bond donors (Lipinski definition) is 1. The number of nitrogens with zero attached hydrogens (tertiary/aromatic N) is 2. The number of rotatable bonds is 5. The van der Waals surface area contributed by atoms with Crippen molar-refractivity contribution in [2.24, 2.45) is 5.73 Å². The third kappa shape index (κ3) is 2.48. The molecular weight excluding hydrogens is 222 g/mol.